The van der Waals surface area contributed by atoms with Crippen LogP contribution in [-0.4, -0.2) is 28.2 Å². The van der Waals surface area contributed by atoms with Crippen molar-refractivity contribution in [1.29, 1.82) is 0 Å². The monoisotopic (exact) mass is 402 g/mol. The zero-order valence-electron chi connectivity index (χ0n) is 17.0. The minimum Gasteiger partial charge on any atom is -0.487 e. The predicted molar refractivity (Wildman–Crippen MR) is 103 cm³/mol. The van der Waals surface area contributed by atoms with Crippen molar-refractivity contribution in [2.24, 2.45) is 0 Å². The maximum Gasteiger partial charge on any atom is 0.341 e. The van der Waals surface area contributed by atoms with Gasteiger partial charge in [-0.05, 0) is 58.9 Å². The molecule has 2 aromatic carbocycles. The Morgan fingerprint density at radius 1 is 1.17 bits per heavy atom. The maximum atomic E-state index is 14.5. The van der Waals surface area contributed by atoms with E-state index in [1.807, 2.05) is 13.8 Å². The smallest absolute Gasteiger partial charge is 0.341 e. The SMILES string of the molecule is CC(C)(C)OC(=O)c1ccc(Oc2cc(C(=O)O)cc3c2CC(C)(C)O3)cc1F. The molecule has 29 heavy (non-hydrogen) atoms. The Morgan fingerprint density at radius 3 is 2.45 bits per heavy atom. The highest BCUT2D eigenvalue weighted by atomic mass is 19.1. The average molecular weight is 402 g/mol. The number of rotatable bonds is 4. The van der Waals surface area contributed by atoms with Crippen molar-refractivity contribution in [3.63, 3.8) is 0 Å². The topological polar surface area (TPSA) is 82.1 Å². The quantitative estimate of drug-likeness (QED) is 0.726. The van der Waals surface area contributed by atoms with Crippen LogP contribution in [0.4, 0.5) is 4.39 Å². The van der Waals surface area contributed by atoms with E-state index in [-0.39, 0.29) is 22.6 Å². The summed E-state index contributed by atoms with van der Waals surface area (Å²) in [4.78, 5) is 23.5. The van der Waals surface area contributed by atoms with Gasteiger partial charge < -0.3 is 19.3 Å². The van der Waals surface area contributed by atoms with Crippen molar-refractivity contribution in [1.82, 2.24) is 0 Å². The molecule has 1 heterocycles. The Labute approximate surface area is 168 Å². The van der Waals surface area contributed by atoms with Gasteiger partial charge >= 0.3 is 11.9 Å². The van der Waals surface area contributed by atoms with Gasteiger partial charge in [-0.1, -0.05) is 0 Å². The molecule has 7 heteroatoms. The minimum atomic E-state index is -1.13. The summed E-state index contributed by atoms with van der Waals surface area (Å²) in [6.45, 7) is 8.85. The minimum absolute atomic E-state index is 0.00213. The van der Waals surface area contributed by atoms with Crippen LogP contribution >= 0.6 is 0 Å². The summed E-state index contributed by atoms with van der Waals surface area (Å²) in [5.41, 5.74) is -0.757. The number of carboxylic acids is 1. The largest absolute Gasteiger partial charge is 0.487 e. The van der Waals surface area contributed by atoms with E-state index < -0.39 is 29.0 Å². The van der Waals surface area contributed by atoms with E-state index in [0.717, 1.165) is 6.07 Å². The lowest BCUT2D eigenvalue weighted by Gasteiger charge is -2.19. The molecule has 3 rings (SSSR count). The molecule has 0 atom stereocenters. The lowest BCUT2D eigenvalue weighted by Crippen LogP contribution is -2.24. The highest BCUT2D eigenvalue weighted by Gasteiger charge is 2.34. The number of ether oxygens (including phenoxy) is 3. The molecule has 2 aromatic rings. The van der Waals surface area contributed by atoms with Gasteiger partial charge in [-0.15, -0.1) is 0 Å². The Morgan fingerprint density at radius 2 is 1.86 bits per heavy atom. The molecule has 0 spiro atoms. The van der Waals surface area contributed by atoms with Crippen LogP contribution in [0.2, 0.25) is 0 Å². The first-order valence-corrected chi connectivity index (χ1v) is 9.15. The third-order valence-corrected chi connectivity index (χ3v) is 4.19. The van der Waals surface area contributed by atoms with Gasteiger partial charge in [0.25, 0.3) is 0 Å². The van der Waals surface area contributed by atoms with Gasteiger partial charge in [0.05, 0.1) is 11.1 Å². The van der Waals surface area contributed by atoms with E-state index in [9.17, 15) is 19.1 Å². The summed E-state index contributed by atoms with van der Waals surface area (Å²) >= 11 is 0. The van der Waals surface area contributed by atoms with Crippen molar-refractivity contribution in [2.45, 2.75) is 52.2 Å². The van der Waals surface area contributed by atoms with Crippen LogP contribution in [0.1, 0.15) is 60.9 Å². The molecule has 0 saturated carbocycles. The lowest BCUT2D eigenvalue weighted by atomic mass is 10.00. The molecular weight excluding hydrogens is 379 g/mol. The number of benzene rings is 2. The van der Waals surface area contributed by atoms with E-state index in [1.54, 1.807) is 20.8 Å². The number of fused-ring (bicyclic) bond motifs is 1. The molecule has 1 N–H and O–H groups in total. The van der Waals surface area contributed by atoms with Gasteiger partial charge in [-0.3, -0.25) is 0 Å². The second-order valence-electron chi connectivity index (χ2n) is 8.54. The van der Waals surface area contributed by atoms with Crippen LogP contribution in [0.15, 0.2) is 30.3 Å². The first-order valence-electron chi connectivity index (χ1n) is 9.15. The Bertz CT molecular complexity index is 988. The Balaban J connectivity index is 1.92. The van der Waals surface area contributed by atoms with Crippen molar-refractivity contribution < 1.29 is 33.3 Å². The highest BCUT2D eigenvalue weighted by molar-refractivity contribution is 5.90. The van der Waals surface area contributed by atoms with Crippen LogP contribution in [0.5, 0.6) is 17.2 Å². The molecule has 0 amide bonds. The third kappa shape index (κ3) is 4.67. The zero-order chi connectivity index (χ0) is 21.6. The van der Waals surface area contributed by atoms with E-state index in [0.29, 0.717) is 17.7 Å². The number of carboxylic acid groups (broad SMARTS) is 1. The molecule has 154 valence electrons. The molecule has 1 aliphatic rings. The maximum absolute atomic E-state index is 14.5. The number of halogens is 1. The molecule has 0 radical (unpaired) electrons. The highest BCUT2D eigenvalue weighted by Crippen LogP contribution is 2.43. The van der Waals surface area contributed by atoms with Crippen LogP contribution in [0.25, 0.3) is 0 Å². The summed E-state index contributed by atoms with van der Waals surface area (Å²) in [6, 6.07) is 6.61. The number of hydrogen-bond donors (Lipinski definition) is 1. The Hall–Kier alpha value is -3.09. The molecule has 6 nitrogen and oxygen atoms in total. The van der Waals surface area contributed by atoms with Gasteiger partial charge in [0.2, 0.25) is 0 Å². The summed E-state index contributed by atoms with van der Waals surface area (Å²) in [6.07, 6.45) is 0.510. The second-order valence-corrected chi connectivity index (χ2v) is 8.54. The second kappa shape index (κ2) is 7.06. The van der Waals surface area contributed by atoms with Gasteiger partial charge in [0.1, 0.15) is 34.3 Å². The number of aromatic carboxylic acids is 1. The molecule has 0 bridgehead atoms. The Kier molecular flexibility index (Phi) is 5.03. The first kappa shape index (κ1) is 20.6. The summed E-state index contributed by atoms with van der Waals surface area (Å²) in [7, 11) is 0. The van der Waals surface area contributed by atoms with Crippen molar-refractivity contribution in [3.05, 3.63) is 52.8 Å². The van der Waals surface area contributed by atoms with Crippen LogP contribution in [-0.2, 0) is 11.2 Å². The average Bonchev–Trinajstić information content (AvgIpc) is 2.87. The van der Waals surface area contributed by atoms with Crippen LogP contribution < -0.4 is 9.47 Å². The predicted octanol–water partition coefficient (Wildman–Crippen LogP) is 4.99. The summed E-state index contributed by atoms with van der Waals surface area (Å²) < 4.78 is 31.3. The molecule has 0 aliphatic carbocycles. The first-order chi connectivity index (χ1) is 13.3. The van der Waals surface area contributed by atoms with Gasteiger partial charge in [-0.2, -0.15) is 0 Å². The normalized spacial score (nSPS) is 14.7. The number of hydrogen-bond acceptors (Lipinski definition) is 5. The standard InChI is InChI=1S/C22H23FO6/c1-21(2,3)29-20(26)14-7-6-13(10-16(14)23)27-17-8-12(19(24)25)9-18-15(17)11-22(4,5)28-18/h6-10H,11H2,1-5H3,(H,24,25). The van der Waals surface area contributed by atoms with Crippen molar-refractivity contribution >= 4 is 11.9 Å². The van der Waals surface area contributed by atoms with Crippen molar-refractivity contribution in [2.75, 3.05) is 0 Å². The van der Waals surface area contributed by atoms with E-state index >= 15 is 0 Å². The van der Waals surface area contributed by atoms with Gasteiger partial charge in [0.15, 0.2) is 0 Å². The van der Waals surface area contributed by atoms with E-state index in [1.165, 1.54) is 24.3 Å². The zero-order valence-corrected chi connectivity index (χ0v) is 17.0. The molecule has 1 aliphatic heterocycles. The van der Waals surface area contributed by atoms with Crippen LogP contribution in [0, 0.1) is 5.82 Å². The lowest BCUT2D eigenvalue weighted by molar-refractivity contribution is 0.00644. The molecule has 0 aromatic heterocycles. The summed E-state index contributed by atoms with van der Waals surface area (Å²) in [5.74, 6) is -1.86. The molecule has 0 unspecified atom stereocenters. The fourth-order valence-electron chi connectivity index (χ4n) is 3.04. The van der Waals surface area contributed by atoms with Crippen LogP contribution in [0.3, 0.4) is 0 Å². The van der Waals surface area contributed by atoms with E-state index in [4.69, 9.17) is 14.2 Å². The third-order valence-electron chi connectivity index (χ3n) is 4.19. The number of carbonyl (C=O) groups is 2. The number of esters is 1. The molecule has 0 saturated heterocycles. The van der Waals surface area contributed by atoms with Gasteiger partial charge in [0, 0.05) is 18.1 Å². The number of carbonyl (C=O) groups excluding carboxylic acids is 1. The summed E-state index contributed by atoms with van der Waals surface area (Å²) in [5, 5.41) is 9.35. The van der Waals surface area contributed by atoms with E-state index in [2.05, 4.69) is 0 Å². The fourth-order valence-corrected chi connectivity index (χ4v) is 3.04. The van der Waals surface area contributed by atoms with Gasteiger partial charge in [-0.25, -0.2) is 14.0 Å². The fraction of sp³-hybridized carbons (Fsp3) is 0.364. The van der Waals surface area contributed by atoms with Crippen molar-refractivity contribution in [3.8, 4) is 17.2 Å². The molecular formula is C22H23FO6. The molecule has 0 fully saturated rings.